The third-order valence-corrected chi connectivity index (χ3v) is 6.14. The lowest BCUT2D eigenvalue weighted by Gasteiger charge is -2.36. The van der Waals surface area contributed by atoms with Gasteiger partial charge in [0.15, 0.2) is 0 Å². The van der Waals surface area contributed by atoms with E-state index < -0.39 is 0 Å². The summed E-state index contributed by atoms with van der Waals surface area (Å²) in [7, 11) is 0. The van der Waals surface area contributed by atoms with Crippen LogP contribution in [0.15, 0.2) is 24.3 Å². The first-order chi connectivity index (χ1) is 15.9. The van der Waals surface area contributed by atoms with Crippen LogP contribution in [0.5, 0.6) is 0 Å². The summed E-state index contributed by atoms with van der Waals surface area (Å²) in [5, 5.41) is 2.96. The summed E-state index contributed by atoms with van der Waals surface area (Å²) in [5.74, 6) is 0.000215. The van der Waals surface area contributed by atoms with E-state index in [1.807, 2.05) is 18.7 Å². The average Bonchev–Trinajstić information content (AvgIpc) is 2.80. The molecule has 7 heteroatoms. The standard InChI is InChI=1S/C26H43FN4O2/c1-4-5-6-7-8-9-10-25(32)30-18-15-29(16-19-30)17-20-31(26(33)28-22(2)3)21-23-11-13-24(27)14-12-23/h11-14,22H,4-10,15-21H2,1-3H3,(H,28,33). The molecular formula is C26H43FN4O2. The molecule has 2 rings (SSSR count). The molecule has 0 aliphatic carbocycles. The van der Waals surface area contributed by atoms with Gasteiger partial charge in [0, 0.05) is 58.3 Å². The van der Waals surface area contributed by atoms with Crippen molar-refractivity contribution in [1.29, 1.82) is 0 Å². The first-order valence-electron chi connectivity index (χ1n) is 12.7. The number of carbonyl (C=O) groups excluding carboxylic acids is 2. The molecule has 3 amide bonds. The highest BCUT2D eigenvalue weighted by atomic mass is 19.1. The highest BCUT2D eigenvalue weighted by Gasteiger charge is 2.22. The fourth-order valence-electron chi connectivity index (χ4n) is 4.10. The maximum Gasteiger partial charge on any atom is 0.317 e. The lowest BCUT2D eigenvalue weighted by Crippen LogP contribution is -2.51. The molecule has 0 saturated carbocycles. The molecule has 0 unspecified atom stereocenters. The molecule has 1 fully saturated rings. The summed E-state index contributed by atoms with van der Waals surface area (Å²) in [6.45, 7) is 11.0. The summed E-state index contributed by atoms with van der Waals surface area (Å²) in [6, 6.07) is 6.24. The lowest BCUT2D eigenvalue weighted by atomic mass is 10.1. The minimum atomic E-state index is -0.277. The van der Waals surface area contributed by atoms with Crippen LogP contribution in [0.2, 0.25) is 0 Å². The quantitative estimate of drug-likeness (QED) is 0.435. The number of halogens is 1. The van der Waals surface area contributed by atoms with E-state index in [0.29, 0.717) is 19.5 Å². The van der Waals surface area contributed by atoms with Crippen LogP contribution < -0.4 is 5.32 Å². The molecule has 1 aromatic carbocycles. The number of carbonyl (C=O) groups is 2. The van der Waals surface area contributed by atoms with E-state index >= 15 is 0 Å². The third-order valence-electron chi connectivity index (χ3n) is 6.14. The van der Waals surface area contributed by atoms with Gasteiger partial charge in [-0.3, -0.25) is 9.69 Å². The Hall–Kier alpha value is -2.15. The Morgan fingerprint density at radius 2 is 1.64 bits per heavy atom. The van der Waals surface area contributed by atoms with Crippen LogP contribution in [0.3, 0.4) is 0 Å². The molecule has 0 atom stereocenters. The largest absolute Gasteiger partial charge is 0.340 e. The molecule has 6 nitrogen and oxygen atoms in total. The molecule has 1 saturated heterocycles. The van der Waals surface area contributed by atoms with Crippen molar-refractivity contribution >= 4 is 11.9 Å². The highest BCUT2D eigenvalue weighted by molar-refractivity contribution is 5.76. The Balaban J connectivity index is 1.75. The van der Waals surface area contributed by atoms with Crippen molar-refractivity contribution in [2.45, 2.75) is 78.3 Å². The Morgan fingerprint density at radius 3 is 2.27 bits per heavy atom. The molecular weight excluding hydrogens is 419 g/mol. The Labute approximate surface area is 199 Å². The predicted molar refractivity (Wildman–Crippen MR) is 131 cm³/mol. The molecule has 1 N–H and O–H groups in total. The van der Waals surface area contributed by atoms with Crippen molar-refractivity contribution in [3.8, 4) is 0 Å². The normalized spacial score (nSPS) is 14.5. The zero-order valence-corrected chi connectivity index (χ0v) is 20.8. The SMILES string of the molecule is CCCCCCCCC(=O)N1CCN(CCN(Cc2ccc(F)cc2)C(=O)NC(C)C)CC1. The molecule has 0 aromatic heterocycles. The molecule has 186 valence electrons. The number of amides is 3. The molecule has 1 heterocycles. The summed E-state index contributed by atoms with van der Waals surface area (Å²) in [4.78, 5) is 31.3. The molecule has 0 radical (unpaired) electrons. The highest BCUT2D eigenvalue weighted by Crippen LogP contribution is 2.11. The number of benzene rings is 1. The summed E-state index contributed by atoms with van der Waals surface area (Å²) < 4.78 is 13.2. The van der Waals surface area contributed by atoms with Gasteiger partial charge in [0.2, 0.25) is 5.91 Å². The number of hydrogen-bond acceptors (Lipinski definition) is 3. The van der Waals surface area contributed by atoms with Crippen LogP contribution in [-0.2, 0) is 11.3 Å². The second-order valence-corrected chi connectivity index (χ2v) is 9.39. The smallest absolute Gasteiger partial charge is 0.317 e. The van der Waals surface area contributed by atoms with Crippen LogP contribution in [0.4, 0.5) is 9.18 Å². The molecule has 1 aliphatic heterocycles. The van der Waals surface area contributed by atoms with Gasteiger partial charge in [-0.1, -0.05) is 51.2 Å². The first-order valence-corrected chi connectivity index (χ1v) is 12.7. The van der Waals surface area contributed by atoms with Gasteiger partial charge in [0.05, 0.1) is 0 Å². The number of hydrogen-bond donors (Lipinski definition) is 1. The van der Waals surface area contributed by atoms with Crippen molar-refractivity contribution in [2.24, 2.45) is 0 Å². The maximum absolute atomic E-state index is 13.2. The van der Waals surface area contributed by atoms with E-state index in [0.717, 1.165) is 51.1 Å². The van der Waals surface area contributed by atoms with Gasteiger partial charge in [0.1, 0.15) is 5.82 Å². The lowest BCUT2D eigenvalue weighted by molar-refractivity contribution is -0.133. The molecule has 0 spiro atoms. The maximum atomic E-state index is 13.2. The monoisotopic (exact) mass is 462 g/mol. The Morgan fingerprint density at radius 1 is 1.00 bits per heavy atom. The number of unbranched alkanes of at least 4 members (excludes halogenated alkanes) is 5. The number of nitrogens with zero attached hydrogens (tertiary/aromatic N) is 3. The van der Waals surface area contributed by atoms with Crippen LogP contribution >= 0.6 is 0 Å². The van der Waals surface area contributed by atoms with Crippen molar-refractivity contribution in [3.05, 3.63) is 35.6 Å². The van der Waals surface area contributed by atoms with Gasteiger partial charge < -0.3 is 15.1 Å². The number of rotatable bonds is 13. The Bertz CT molecular complexity index is 703. The topological polar surface area (TPSA) is 55.9 Å². The van der Waals surface area contributed by atoms with E-state index in [4.69, 9.17) is 0 Å². The second-order valence-electron chi connectivity index (χ2n) is 9.39. The first kappa shape index (κ1) is 27.1. The summed E-state index contributed by atoms with van der Waals surface area (Å²) in [6.07, 6.45) is 7.84. The van der Waals surface area contributed by atoms with E-state index in [1.165, 1.54) is 37.8 Å². The minimum absolute atomic E-state index is 0.0504. The van der Waals surface area contributed by atoms with Gasteiger partial charge in [-0.05, 0) is 38.0 Å². The zero-order valence-electron chi connectivity index (χ0n) is 20.8. The fourth-order valence-corrected chi connectivity index (χ4v) is 4.10. The van der Waals surface area contributed by atoms with E-state index in [1.54, 1.807) is 17.0 Å². The summed E-state index contributed by atoms with van der Waals surface area (Å²) >= 11 is 0. The van der Waals surface area contributed by atoms with Crippen LogP contribution in [-0.4, -0.2) is 71.9 Å². The van der Waals surface area contributed by atoms with Crippen molar-refractivity contribution in [2.75, 3.05) is 39.3 Å². The van der Waals surface area contributed by atoms with Crippen LogP contribution in [0, 0.1) is 5.82 Å². The van der Waals surface area contributed by atoms with E-state index in [-0.39, 0.29) is 23.8 Å². The van der Waals surface area contributed by atoms with Gasteiger partial charge in [-0.15, -0.1) is 0 Å². The van der Waals surface area contributed by atoms with Gasteiger partial charge >= 0.3 is 6.03 Å². The minimum Gasteiger partial charge on any atom is -0.340 e. The summed E-state index contributed by atoms with van der Waals surface area (Å²) in [5.41, 5.74) is 0.903. The van der Waals surface area contributed by atoms with Crippen molar-refractivity contribution < 1.29 is 14.0 Å². The number of urea groups is 1. The average molecular weight is 463 g/mol. The van der Waals surface area contributed by atoms with Gasteiger partial charge in [-0.2, -0.15) is 0 Å². The van der Waals surface area contributed by atoms with E-state index in [9.17, 15) is 14.0 Å². The van der Waals surface area contributed by atoms with Gasteiger partial charge in [-0.25, -0.2) is 9.18 Å². The van der Waals surface area contributed by atoms with Crippen LogP contribution in [0.25, 0.3) is 0 Å². The molecule has 1 aromatic rings. The predicted octanol–water partition coefficient (Wildman–Crippen LogP) is 4.64. The molecule has 0 bridgehead atoms. The van der Waals surface area contributed by atoms with E-state index in [2.05, 4.69) is 17.1 Å². The Kier molecular flexibility index (Phi) is 12.2. The zero-order chi connectivity index (χ0) is 24.1. The number of nitrogens with one attached hydrogen (secondary N) is 1. The third kappa shape index (κ3) is 10.5. The molecule has 33 heavy (non-hydrogen) atoms. The molecule has 1 aliphatic rings. The van der Waals surface area contributed by atoms with Gasteiger partial charge in [0.25, 0.3) is 0 Å². The van der Waals surface area contributed by atoms with Crippen molar-refractivity contribution in [3.63, 3.8) is 0 Å². The number of piperazine rings is 1. The van der Waals surface area contributed by atoms with Crippen molar-refractivity contribution in [1.82, 2.24) is 20.0 Å². The van der Waals surface area contributed by atoms with Crippen LogP contribution in [0.1, 0.15) is 71.3 Å². The fraction of sp³-hybridized carbons (Fsp3) is 0.692. The second kappa shape index (κ2) is 14.9.